The molecular formula is C14H15ClN4OS. The Morgan fingerprint density at radius 1 is 1.38 bits per heavy atom. The summed E-state index contributed by atoms with van der Waals surface area (Å²) in [6.07, 6.45) is 2.53. The second kappa shape index (κ2) is 5.91. The number of amides is 2. The predicted molar refractivity (Wildman–Crippen MR) is 85.9 cm³/mol. The van der Waals surface area contributed by atoms with Crippen molar-refractivity contribution in [3.8, 4) is 0 Å². The van der Waals surface area contributed by atoms with Crippen molar-refractivity contribution in [1.82, 2.24) is 10.3 Å². The number of rotatable bonds is 2. The van der Waals surface area contributed by atoms with E-state index >= 15 is 0 Å². The molecule has 0 saturated carbocycles. The smallest absolute Gasteiger partial charge is 0.319 e. The molecule has 7 heteroatoms. The summed E-state index contributed by atoms with van der Waals surface area (Å²) in [4.78, 5) is 17.5. The van der Waals surface area contributed by atoms with E-state index in [0.717, 1.165) is 30.6 Å². The van der Waals surface area contributed by atoms with E-state index in [1.54, 1.807) is 24.3 Å². The largest absolute Gasteiger partial charge is 0.375 e. The first-order valence-electron chi connectivity index (χ1n) is 6.67. The summed E-state index contributed by atoms with van der Waals surface area (Å²) in [5, 5.41) is 7.03. The van der Waals surface area contributed by atoms with Crippen molar-refractivity contribution in [3.63, 3.8) is 0 Å². The molecular weight excluding hydrogens is 308 g/mol. The number of aryl methyl sites for hydroxylation is 1. The maximum atomic E-state index is 12.0. The summed E-state index contributed by atoms with van der Waals surface area (Å²) in [6, 6.07) is 6.93. The Kier molecular flexibility index (Phi) is 3.98. The van der Waals surface area contributed by atoms with Gasteiger partial charge in [-0.05, 0) is 37.1 Å². The van der Waals surface area contributed by atoms with Crippen LogP contribution in [0.3, 0.4) is 0 Å². The Bertz CT molecular complexity index is 655. The van der Waals surface area contributed by atoms with Crippen LogP contribution in [0.2, 0.25) is 5.02 Å². The van der Waals surface area contributed by atoms with Crippen LogP contribution in [0.4, 0.5) is 15.6 Å². The first-order chi connectivity index (χ1) is 10.1. The van der Waals surface area contributed by atoms with Crippen molar-refractivity contribution in [3.05, 3.63) is 39.9 Å². The van der Waals surface area contributed by atoms with E-state index in [-0.39, 0.29) is 12.1 Å². The highest BCUT2D eigenvalue weighted by atomic mass is 35.5. The van der Waals surface area contributed by atoms with E-state index in [2.05, 4.69) is 15.6 Å². The molecule has 1 heterocycles. The lowest BCUT2D eigenvalue weighted by Crippen LogP contribution is -2.41. The molecule has 1 unspecified atom stereocenters. The van der Waals surface area contributed by atoms with Crippen molar-refractivity contribution in [1.29, 1.82) is 0 Å². The number of benzene rings is 1. The van der Waals surface area contributed by atoms with Gasteiger partial charge >= 0.3 is 6.03 Å². The third-order valence-electron chi connectivity index (χ3n) is 3.39. The second-order valence-corrected chi connectivity index (χ2v) is 6.52. The molecule has 1 aliphatic rings. The van der Waals surface area contributed by atoms with Gasteiger partial charge in [-0.1, -0.05) is 11.6 Å². The maximum Gasteiger partial charge on any atom is 0.319 e. The molecule has 1 aromatic carbocycles. The Labute approximate surface area is 131 Å². The maximum absolute atomic E-state index is 12.0. The number of fused-ring (bicyclic) bond motifs is 1. The van der Waals surface area contributed by atoms with Crippen molar-refractivity contribution >= 4 is 39.8 Å². The number of thiazole rings is 1. The van der Waals surface area contributed by atoms with Crippen LogP contribution in [0.5, 0.6) is 0 Å². The number of nitrogens with one attached hydrogen (secondary N) is 2. The number of carbonyl (C=O) groups excluding carboxylic acids is 1. The summed E-state index contributed by atoms with van der Waals surface area (Å²) < 4.78 is 0. The molecule has 0 fully saturated rings. The number of hydrogen-bond donors (Lipinski definition) is 3. The summed E-state index contributed by atoms with van der Waals surface area (Å²) >= 11 is 7.32. The van der Waals surface area contributed by atoms with Crippen molar-refractivity contribution in [2.75, 3.05) is 11.1 Å². The highest BCUT2D eigenvalue weighted by molar-refractivity contribution is 7.15. The van der Waals surface area contributed by atoms with Crippen LogP contribution in [-0.4, -0.2) is 17.1 Å². The Balaban J connectivity index is 1.57. The zero-order valence-electron chi connectivity index (χ0n) is 11.2. The number of urea groups is 1. The Morgan fingerprint density at radius 2 is 2.14 bits per heavy atom. The van der Waals surface area contributed by atoms with Gasteiger partial charge < -0.3 is 16.4 Å². The highest BCUT2D eigenvalue weighted by Gasteiger charge is 2.23. The van der Waals surface area contributed by atoms with Crippen molar-refractivity contribution in [2.24, 2.45) is 0 Å². The molecule has 2 aromatic rings. The molecule has 0 aliphatic heterocycles. The standard InChI is InChI=1S/C14H15ClN4OS/c15-8-1-3-9(4-2-8)17-14(20)18-10-5-6-11-12(7-10)21-13(16)19-11/h1-4,10H,5-7H2,(H2,16,19)(H2,17,18,20). The van der Waals surface area contributed by atoms with Crippen LogP contribution in [0.1, 0.15) is 17.0 Å². The summed E-state index contributed by atoms with van der Waals surface area (Å²) in [5.41, 5.74) is 7.51. The third-order valence-corrected chi connectivity index (χ3v) is 4.59. The first-order valence-corrected chi connectivity index (χ1v) is 7.87. The number of hydrogen-bond acceptors (Lipinski definition) is 4. The van der Waals surface area contributed by atoms with E-state index in [0.29, 0.717) is 10.2 Å². The van der Waals surface area contributed by atoms with Crippen LogP contribution >= 0.6 is 22.9 Å². The minimum absolute atomic E-state index is 0.115. The van der Waals surface area contributed by atoms with Crippen LogP contribution in [0.25, 0.3) is 0 Å². The Hall–Kier alpha value is -1.79. The molecule has 5 nitrogen and oxygen atoms in total. The van der Waals surface area contributed by atoms with Gasteiger partial charge in [0.1, 0.15) is 0 Å². The van der Waals surface area contributed by atoms with Gasteiger partial charge in [0.15, 0.2) is 5.13 Å². The number of halogens is 1. The number of nitrogens with zero attached hydrogens (tertiary/aromatic N) is 1. The average Bonchev–Trinajstić information content (AvgIpc) is 2.80. The van der Waals surface area contributed by atoms with Gasteiger partial charge in [0, 0.05) is 28.0 Å². The highest BCUT2D eigenvalue weighted by Crippen LogP contribution is 2.28. The first kappa shape index (κ1) is 14.2. The number of anilines is 2. The van der Waals surface area contributed by atoms with Gasteiger partial charge in [0.2, 0.25) is 0 Å². The number of nitrogens with two attached hydrogens (primary N) is 1. The fraction of sp³-hybridized carbons (Fsp3) is 0.286. The van der Waals surface area contributed by atoms with Crippen LogP contribution < -0.4 is 16.4 Å². The summed E-state index contributed by atoms with van der Waals surface area (Å²) in [6.45, 7) is 0. The molecule has 0 bridgehead atoms. The van der Waals surface area contributed by atoms with E-state index in [9.17, 15) is 4.79 Å². The van der Waals surface area contributed by atoms with Gasteiger partial charge in [-0.3, -0.25) is 0 Å². The predicted octanol–water partition coefficient (Wildman–Crippen LogP) is 3.06. The molecule has 1 atom stereocenters. The molecule has 0 radical (unpaired) electrons. The summed E-state index contributed by atoms with van der Waals surface area (Å²) in [5.74, 6) is 0. The lowest BCUT2D eigenvalue weighted by atomic mass is 9.98. The van der Waals surface area contributed by atoms with E-state index in [4.69, 9.17) is 17.3 Å². The van der Waals surface area contributed by atoms with Gasteiger partial charge in [-0.15, -0.1) is 11.3 Å². The average molecular weight is 323 g/mol. The van der Waals surface area contributed by atoms with Gasteiger partial charge in [0.25, 0.3) is 0 Å². The minimum atomic E-state index is -0.205. The van der Waals surface area contributed by atoms with E-state index < -0.39 is 0 Å². The molecule has 2 amide bonds. The van der Waals surface area contributed by atoms with Crippen molar-refractivity contribution in [2.45, 2.75) is 25.3 Å². The zero-order valence-corrected chi connectivity index (χ0v) is 12.8. The molecule has 1 aliphatic carbocycles. The fourth-order valence-corrected chi connectivity index (χ4v) is 3.49. The van der Waals surface area contributed by atoms with Gasteiger partial charge in [-0.2, -0.15) is 0 Å². The quantitative estimate of drug-likeness (QED) is 0.795. The molecule has 0 spiro atoms. The fourth-order valence-electron chi connectivity index (χ4n) is 2.40. The monoisotopic (exact) mass is 322 g/mol. The summed E-state index contributed by atoms with van der Waals surface area (Å²) in [7, 11) is 0. The number of nitrogen functional groups attached to an aromatic ring is 1. The van der Waals surface area contributed by atoms with Gasteiger partial charge in [0.05, 0.1) is 5.69 Å². The normalized spacial score (nSPS) is 17.1. The molecule has 1 aromatic heterocycles. The zero-order chi connectivity index (χ0) is 14.8. The van der Waals surface area contributed by atoms with Crippen LogP contribution in [0.15, 0.2) is 24.3 Å². The van der Waals surface area contributed by atoms with Crippen molar-refractivity contribution < 1.29 is 4.79 Å². The topological polar surface area (TPSA) is 80.0 Å². The minimum Gasteiger partial charge on any atom is -0.375 e. The number of aromatic nitrogens is 1. The third kappa shape index (κ3) is 3.46. The SMILES string of the molecule is Nc1nc2c(s1)CC(NC(=O)Nc1ccc(Cl)cc1)CC2. The molecule has 4 N–H and O–H groups in total. The molecule has 3 rings (SSSR count). The van der Waals surface area contributed by atoms with E-state index in [1.165, 1.54) is 16.2 Å². The molecule has 21 heavy (non-hydrogen) atoms. The van der Waals surface area contributed by atoms with Crippen LogP contribution in [0, 0.1) is 0 Å². The lowest BCUT2D eigenvalue weighted by molar-refractivity contribution is 0.247. The molecule has 0 saturated heterocycles. The number of carbonyl (C=O) groups is 1. The van der Waals surface area contributed by atoms with Gasteiger partial charge in [-0.25, -0.2) is 9.78 Å². The van der Waals surface area contributed by atoms with E-state index in [1.807, 2.05) is 0 Å². The molecule has 110 valence electrons. The second-order valence-electron chi connectivity index (χ2n) is 4.97. The Morgan fingerprint density at radius 3 is 2.90 bits per heavy atom. The van der Waals surface area contributed by atoms with Crippen LogP contribution in [-0.2, 0) is 12.8 Å². The lowest BCUT2D eigenvalue weighted by Gasteiger charge is -2.22.